The molecule has 1 aliphatic heterocycles. The van der Waals surface area contributed by atoms with Gasteiger partial charge in [0.05, 0.1) is 0 Å². The van der Waals surface area contributed by atoms with Crippen LogP contribution in [0.15, 0.2) is 0 Å². The Hall–Kier alpha value is -0.0800. The summed E-state index contributed by atoms with van der Waals surface area (Å²) in [5, 5.41) is 3.89. The Morgan fingerprint density at radius 3 is 2.52 bits per heavy atom. The van der Waals surface area contributed by atoms with Gasteiger partial charge in [-0.1, -0.05) is 46.5 Å². The summed E-state index contributed by atoms with van der Waals surface area (Å²) in [6.45, 7) is 13.3. The number of nitrogens with one attached hydrogen (secondary N) is 1. The van der Waals surface area contributed by atoms with E-state index in [1.807, 2.05) is 0 Å². The van der Waals surface area contributed by atoms with Gasteiger partial charge in [0.2, 0.25) is 0 Å². The maximum atomic E-state index is 3.89. The van der Waals surface area contributed by atoms with Crippen molar-refractivity contribution in [1.82, 2.24) is 10.2 Å². The minimum absolute atomic E-state index is 0.330. The molecule has 2 rings (SSSR count). The first-order valence-corrected chi connectivity index (χ1v) is 9.57. The first-order valence-electron chi connectivity index (χ1n) is 9.57. The van der Waals surface area contributed by atoms with Crippen LogP contribution in [0.1, 0.15) is 79.1 Å². The zero-order valence-electron chi connectivity index (χ0n) is 15.0. The lowest BCUT2D eigenvalue weighted by Gasteiger charge is -2.50. The molecule has 3 atom stereocenters. The Labute approximate surface area is 133 Å². The molecule has 0 amide bonds. The largest absolute Gasteiger partial charge is 0.309 e. The second-order valence-electron chi connectivity index (χ2n) is 8.08. The van der Waals surface area contributed by atoms with Gasteiger partial charge in [0.1, 0.15) is 0 Å². The van der Waals surface area contributed by atoms with E-state index >= 15 is 0 Å². The van der Waals surface area contributed by atoms with Crippen LogP contribution in [0.2, 0.25) is 0 Å². The minimum Gasteiger partial charge on any atom is -0.309 e. The lowest BCUT2D eigenvalue weighted by atomic mass is 9.80. The van der Waals surface area contributed by atoms with E-state index in [9.17, 15) is 0 Å². The second kappa shape index (κ2) is 7.97. The Kier molecular flexibility index (Phi) is 6.55. The van der Waals surface area contributed by atoms with Crippen molar-refractivity contribution in [2.24, 2.45) is 11.8 Å². The van der Waals surface area contributed by atoms with Gasteiger partial charge >= 0.3 is 0 Å². The highest BCUT2D eigenvalue weighted by atomic mass is 15.3. The van der Waals surface area contributed by atoms with Crippen LogP contribution in [0.4, 0.5) is 0 Å². The van der Waals surface area contributed by atoms with Gasteiger partial charge in [-0.3, -0.25) is 4.90 Å². The second-order valence-corrected chi connectivity index (χ2v) is 8.08. The maximum Gasteiger partial charge on any atom is 0.0278 e. The van der Waals surface area contributed by atoms with Gasteiger partial charge in [-0.2, -0.15) is 0 Å². The van der Waals surface area contributed by atoms with E-state index in [0.29, 0.717) is 5.54 Å². The first kappa shape index (κ1) is 17.3. The summed E-state index contributed by atoms with van der Waals surface area (Å²) >= 11 is 0. The predicted molar refractivity (Wildman–Crippen MR) is 92.7 cm³/mol. The fourth-order valence-electron chi connectivity index (χ4n) is 4.51. The normalized spacial score (nSPS) is 34.0. The highest BCUT2D eigenvalue weighted by molar-refractivity contribution is 4.97. The number of hydrogen-bond acceptors (Lipinski definition) is 2. The van der Waals surface area contributed by atoms with Crippen LogP contribution in [-0.2, 0) is 0 Å². The molecular weight excluding hydrogens is 256 g/mol. The van der Waals surface area contributed by atoms with Gasteiger partial charge in [-0.15, -0.1) is 0 Å². The first-order chi connectivity index (χ1) is 10.1. The molecule has 2 fully saturated rings. The molecule has 0 aromatic rings. The molecule has 21 heavy (non-hydrogen) atoms. The number of piperazine rings is 1. The van der Waals surface area contributed by atoms with Crippen LogP contribution in [0.5, 0.6) is 0 Å². The van der Waals surface area contributed by atoms with E-state index in [1.165, 1.54) is 71.0 Å². The fourth-order valence-corrected chi connectivity index (χ4v) is 4.51. The number of nitrogens with zero attached hydrogens (tertiary/aromatic N) is 1. The highest BCUT2D eigenvalue weighted by Gasteiger charge is 2.38. The third-order valence-electron chi connectivity index (χ3n) is 6.06. The topological polar surface area (TPSA) is 15.3 Å². The molecule has 1 saturated heterocycles. The average molecular weight is 295 g/mol. The summed E-state index contributed by atoms with van der Waals surface area (Å²) in [6.07, 6.45) is 11.3. The molecule has 2 nitrogen and oxygen atoms in total. The van der Waals surface area contributed by atoms with Crippen molar-refractivity contribution in [2.45, 2.75) is 90.6 Å². The third-order valence-corrected chi connectivity index (χ3v) is 6.06. The van der Waals surface area contributed by atoms with Crippen LogP contribution >= 0.6 is 0 Å². The van der Waals surface area contributed by atoms with Crippen LogP contribution < -0.4 is 5.32 Å². The molecule has 0 bridgehead atoms. The molecule has 2 aliphatic rings. The smallest absolute Gasteiger partial charge is 0.0278 e. The van der Waals surface area contributed by atoms with Gasteiger partial charge in [0.15, 0.2) is 0 Å². The molecule has 0 aromatic heterocycles. The molecule has 0 aromatic carbocycles. The zero-order chi connectivity index (χ0) is 15.3. The number of hydrogen-bond donors (Lipinski definition) is 1. The summed E-state index contributed by atoms with van der Waals surface area (Å²) in [7, 11) is 0. The van der Waals surface area contributed by atoms with E-state index < -0.39 is 0 Å². The summed E-state index contributed by atoms with van der Waals surface area (Å²) < 4.78 is 0. The van der Waals surface area contributed by atoms with Crippen molar-refractivity contribution in [3.8, 4) is 0 Å². The van der Waals surface area contributed by atoms with Crippen molar-refractivity contribution in [3.63, 3.8) is 0 Å². The summed E-state index contributed by atoms with van der Waals surface area (Å²) in [5.41, 5.74) is 0.330. The van der Waals surface area contributed by atoms with Crippen molar-refractivity contribution in [3.05, 3.63) is 0 Å². The standard InChI is InChI=1S/C19H38N2/c1-5-10-16(3)14-21-15-19(4,6-2)20-13-18(21)17-11-8-7-9-12-17/h16-18,20H,5-15H2,1-4H3. The van der Waals surface area contributed by atoms with E-state index in [0.717, 1.165) is 17.9 Å². The van der Waals surface area contributed by atoms with Crippen LogP contribution in [0.3, 0.4) is 0 Å². The fraction of sp³-hybridized carbons (Fsp3) is 1.00. The minimum atomic E-state index is 0.330. The van der Waals surface area contributed by atoms with Crippen molar-refractivity contribution in [1.29, 1.82) is 0 Å². The molecule has 1 saturated carbocycles. The summed E-state index contributed by atoms with van der Waals surface area (Å²) in [4.78, 5) is 2.87. The van der Waals surface area contributed by atoms with E-state index in [4.69, 9.17) is 0 Å². The molecular formula is C19H38N2. The summed E-state index contributed by atoms with van der Waals surface area (Å²) in [6, 6.07) is 0.796. The van der Waals surface area contributed by atoms with E-state index in [1.54, 1.807) is 0 Å². The average Bonchev–Trinajstić information content (AvgIpc) is 2.48. The third kappa shape index (κ3) is 4.69. The monoisotopic (exact) mass is 294 g/mol. The Bertz CT molecular complexity index is 298. The zero-order valence-corrected chi connectivity index (χ0v) is 15.0. The Balaban J connectivity index is 2.02. The van der Waals surface area contributed by atoms with Gasteiger partial charge in [0.25, 0.3) is 0 Å². The Morgan fingerprint density at radius 2 is 1.90 bits per heavy atom. The molecule has 1 N–H and O–H groups in total. The lowest BCUT2D eigenvalue weighted by Crippen LogP contribution is -2.65. The van der Waals surface area contributed by atoms with Crippen molar-refractivity contribution in [2.75, 3.05) is 19.6 Å². The quantitative estimate of drug-likeness (QED) is 0.779. The maximum absolute atomic E-state index is 3.89. The lowest BCUT2D eigenvalue weighted by molar-refractivity contribution is 0.0300. The molecule has 124 valence electrons. The SMILES string of the molecule is CCCC(C)CN1CC(C)(CC)NCC1C1CCCCC1. The van der Waals surface area contributed by atoms with Crippen molar-refractivity contribution < 1.29 is 0 Å². The van der Waals surface area contributed by atoms with Gasteiger partial charge in [0, 0.05) is 31.2 Å². The van der Waals surface area contributed by atoms with Gasteiger partial charge in [-0.25, -0.2) is 0 Å². The molecule has 2 heteroatoms. The molecule has 0 radical (unpaired) electrons. The molecule has 1 heterocycles. The highest BCUT2D eigenvalue weighted by Crippen LogP contribution is 2.32. The van der Waals surface area contributed by atoms with E-state index in [-0.39, 0.29) is 0 Å². The van der Waals surface area contributed by atoms with Crippen LogP contribution in [-0.4, -0.2) is 36.1 Å². The molecule has 0 spiro atoms. The molecule has 3 unspecified atom stereocenters. The molecule has 1 aliphatic carbocycles. The predicted octanol–water partition coefficient (Wildman–Crippen LogP) is 4.45. The van der Waals surface area contributed by atoms with Crippen LogP contribution in [0, 0.1) is 11.8 Å². The van der Waals surface area contributed by atoms with Crippen molar-refractivity contribution >= 4 is 0 Å². The van der Waals surface area contributed by atoms with Gasteiger partial charge in [-0.05, 0) is 44.4 Å². The Morgan fingerprint density at radius 1 is 1.19 bits per heavy atom. The van der Waals surface area contributed by atoms with Gasteiger partial charge < -0.3 is 5.32 Å². The summed E-state index contributed by atoms with van der Waals surface area (Å²) in [5.74, 6) is 1.79. The van der Waals surface area contributed by atoms with Crippen LogP contribution in [0.25, 0.3) is 0 Å². The van der Waals surface area contributed by atoms with E-state index in [2.05, 4.69) is 37.9 Å². The number of rotatable bonds is 6.